The first-order chi connectivity index (χ1) is 10.3. The number of hydrogen-bond donors (Lipinski definition) is 2. The number of aliphatic hydroxyl groups excluding tert-OH is 1. The Kier molecular flexibility index (Phi) is 3.76. The maximum Gasteiger partial charge on any atom is 0.496 e. The molecule has 3 rings (SSSR count). The summed E-state index contributed by atoms with van der Waals surface area (Å²) in [5.41, 5.74) is 4.40. The van der Waals surface area contributed by atoms with Crippen molar-refractivity contribution in [1.29, 1.82) is 0 Å². The lowest BCUT2D eigenvalue weighted by Gasteiger charge is -2.32. The average Bonchev–Trinajstić information content (AvgIpc) is 3.02. The van der Waals surface area contributed by atoms with E-state index in [1.165, 1.54) is 0 Å². The van der Waals surface area contributed by atoms with Gasteiger partial charge in [-0.2, -0.15) is 0 Å². The molecule has 3 heterocycles. The second-order valence-electron chi connectivity index (χ2n) is 6.59. The molecule has 0 radical (unpaired) electrons. The third kappa shape index (κ3) is 2.65. The fraction of sp³-hybridized carbons (Fsp3) is 0.533. The van der Waals surface area contributed by atoms with Gasteiger partial charge in [-0.3, -0.25) is 15.3 Å². The van der Waals surface area contributed by atoms with Crippen molar-refractivity contribution in [3.63, 3.8) is 0 Å². The fourth-order valence-electron chi connectivity index (χ4n) is 2.30. The molecule has 1 aromatic heterocycles. The highest BCUT2D eigenvalue weighted by molar-refractivity contribution is 6.62. The molecule has 2 N–H and O–H groups in total. The minimum absolute atomic E-state index is 0.0670. The van der Waals surface area contributed by atoms with E-state index in [-0.39, 0.29) is 23.9 Å². The van der Waals surface area contributed by atoms with E-state index in [2.05, 4.69) is 10.5 Å². The molecule has 1 unspecified atom stereocenters. The van der Waals surface area contributed by atoms with Crippen molar-refractivity contribution in [2.45, 2.75) is 45.0 Å². The Morgan fingerprint density at radius 1 is 1.23 bits per heavy atom. The average molecular weight is 304 g/mol. The second kappa shape index (κ2) is 5.35. The standard InChI is InChI=1S/C15H21BN2O4/c1-14(2)15(3,4)22-16(21-14)10-5-6-12(17-8-10)13-7-11(9-19)20-18-13/h5-8,11,18-19H,9H2,1-4H3. The van der Waals surface area contributed by atoms with Gasteiger partial charge in [0.05, 0.1) is 29.2 Å². The normalized spacial score (nSPS) is 26.0. The molecule has 7 heteroatoms. The van der Waals surface area contributed by atoms with Crippen LogP contribution in [-0.4, -0.2) is 41.1 Å². The molecule has 0 amide bonds. The van der Waals surface area contributed by atoms with E-state index in [1.54, 1.807) is 12.3 Å². The van der Waals surface area contributed by atoms with Crippen molar-refractivity contribution >= 4 is 18.3 Å². The predicted molar refractivity (Wildman–Crippen MR) is 83.0 cm³/mol. The van der Waals surface area contributed by atoms with Gasteiger partial charge in [0.1, 0.15) is 6.10 Å². The van der Waals surface area contributed by atoms with Crippen LogP contribution < -0.4 is 10.9 Å². The summed E-state index contributed by atoms with van der Waals surface area (Å²) >= 11 is 0. The van der Waals surface area contributed by atoms with E-state index < -0.39 is 7.12 Å². The zero-order valence-electron chi connectivity index (χ0n) is 13.3. The van der Waals surface area contributed by atoms with Gasteiger partial charge in [-0.1, -0.05) is 6.07 Å². The van der Waals surface area contributed by atoms with Crippen LogP contribution in [0.5, 0.6) is 0 Å². The summed E-state index contributed by atoms with van der Waals surface area (Å²) in [7, 11) is -0.418. The first-order valence-electron chi connectivity index (χ1n) is 7.39. The van der Waals surface area contributed by atoms with Gasteiger partial charge in [0, 0.05) is 11.7 Å². The Labute approximate surface area is 130 Å². The van der Waals surface area contributed by atoms with Crippen molar-refractivity contribution in [1.82, 2.24) is 10.5 Å². The Bertz CT molecular complexity index is 570. The summed E-state index contributed by atoms with van der Waals surface area (Å²) in [6.45, 7) is 8.02. The number of aromatic nitrogens is 1. The molecule has 0 aromatic carbocycles. The van der Waals surface area contributed by atoms with Crippen molar-refractivity contribution in [3.05, 3.63) is 30.1 Å². The topological polar surface area (TPSA) is 72.8 Å². The number of hydroxylamine groups is 1. The van der Waals surface area contributed by atoms with Crippen LogP contribution >= 0.6 is 0 Å². The van der Waals surface area contributed by atoms with Crippen LogP contribution in [0.15, 0.2) is 24.4 Å². The van der Waals surface area contributed by atoms with Crippen LogP contribution in [0.1, 0.15) is 33.4 Å². The first-order valence-corrected chi connectivity index (χ1v) is 7.39. The van der Waals surface area contributed by atoms with Crippen LogP contribution in [0.25, 0.3) is 5.70 Å². The number of pyridine rings is 1. The van der Waals surface area contributed by atoms with Crippen LogP contribution in [0.3, 0.4) is 0 Å². The highest BCUT2D eigenvalue weighted by atomic mass is 16.7. The van der Waals surface area contributed by atoms with Crippen LogP contribution in [0, 0.1) is 0 Å². The maximum absolute atomic E-state index is 9.05. The third-order valence-corrected chi connectivity index (χ3v) is 4.44. The molecule has 1 aromatic rings. The van der Waals surface area contributed by atoms with Gasteiger partial charge < -0.3 is 14.4 Å². The zero-order chi connectivity index (χ0) is 16.0. The summed E-state index contributed by atoms with van der Waals surface area (Å²) < 4.78 is 12.0. The van der Waals surface area contributed by atoms with Crippen molar-refractivity contribution in [2.24, 2.45) is 0 Å². The zero-order valence-corrected chi connectivity index (χ0v) is 13.3. The molecule has 2 aliphatic heterocycles. The van der Waals surface area contributed by atoms with E-state index in [0.29, 0.717) is 0 Å². The summed E-state index contributed by atoms with van der Waals surface area (Å²) in [6.07, 6.45) is 3.21. The van der Waals surface area contributed by atoms with Gasteiger partial charge >= 0.3 is 7.12 Å². The van der Waals surface area contributed by atoms with E-state index in [0.717, 1.165) is 16.9 Å². The van der Waals surface area contributed by atoms with Gasteiger partial charge in [0.25, 0.3) is 0 Å². The molecule has 0 bridgehead atoms. The minimum atomic E-state index is -0.418. The van der Waals surface area contributed by atoms with Gasteiger partial charge in [-0.05, 0) is 39.8 Å². The Morgan fingerprint density at radius 3 is 2.41 bits per heavy atom. The van der Waals surface area contributed by atoms with Gasteiger partial charge in [0.2, 0.25) is 0 Å². The smallest absolute Gasteiger partial charge is 0.399 e. The fourth-order valence-corrected chi connectivity index (χ4v) is 2.30. The largest absolute Gasteiger partial charge is 0.496 e. The summed E-state index contributed by atoms with van der Waals surface area (Å²) in [5, 5.41) is 9.05. The number of aliphatic hydroxyl groups is 1. The minimum Gasteiger partial charge on any atom is -0.399 e. The summed E-state index contributed by atoms with van der Waals surface area (Å²) in [5.74, 6) is 0. The molecule has 0 spiro atoms. The second-order valence-corrected chi connectivity index (χ2v) is 6.59. The first kappa shape index (κ1) is 15.5. The molecule has 1 saturated heterocycles. The van der Waals surface area contributed by atoms with E-state index in [9.17, 15) is 0 Å². The van der Waals surface area contributed by atoms with E-state index >= 15 is 0 Å². The molecule has 1 fully saturated rings. The number of rotatable bonds is 3. The molecule has 118 valence electrons. The van der Waals surface area contributed by atoms with Crippen LogP contribution in [-0.2, 0) is 14.1 Å². The van der Waals surface area contributed by atoms with E-state index in [4.69, 9.17) is 19.3 Å². The summed E-state index contributed by atoms with van der Waals surface area (Å²) in [4.78, 5) is 9.59. The Balaban J connectivity index is 1.76. The molecule has 2 aliphatic rings. The molecule has 6 nitrogen and oxygen atoms in total. The highest BCUT2D eigenvalue weighted by Crippen LogP contribution is 2.36. The number of nitrogens with zero attached hydrogens (tertiary/aromatic N) is 1. The monoisotopic (exact) mass is 304 g/mol. The molecule has 0 saturated carbocycles. The predicted octanol–water partition coefficient (Wildman–Crippen LogP) is 0.617. The van der Waals surface area contributed by atoms with Crippen molar-refractivity contribution in [2.75, 3.05) is 6.61 Å². The third-order valence-electron chi connectivity index (χ3n) is 4.44. The van der Waals surface area contributed by atoms with Gasteiger partial charge in [-0.15, -0.1) is 0 Å². The quantitative estimate of drug-likeness (QED) is 0.798. The summed E-state index contributed by atoms with van der Waals surface area (Å²) in [6, 6.07) is 3.81. The number of hydrogen-bond acceptors (Lipinski definition) is 6. The van der Waals surface area contributed by atoms with Crippen LogP contribution in [0.4, 0.5) is 0 Å². The van der Waals surface area contributed by atoms with Gasteiger partial charge in [0.15, 0.2) is 0 Å². The highest BCUT2D eigenvalue weighted by Gasteiger charge is 2.51. The maximum atomic E-state index is 9.05. The van der Waals surface area contributed by atoms with Crippen LogP contribution in [0.2, 0.25) is 0 Å². The Morgan fingerprint density at radius 2 is 1.91 bits per heavy atom. The lowest BCUT2D eigenvalue weighted by Crippen LogP contribution is -2.41. The molecular formula is C15H21BN2O4. The number of nitrogens with one attached hydrogen (secondary N) is 1. The molecular weight excluding hydrogens is 283 g/mol. The van der Waals surface area contributed by atoms with Crippen molar-refractivity contribution in [3.8, 4) is 0 Å². The lowest BCUT2D eigenvalue weighted by atomic mass is 9.80. The van der Waals surface area contributed by atoms with Gasteiger partial charge in [-0.25, -0.2) is 0 Å². The lowest BCUT2D eigenvalue weighted by molar-refractivity contribution is 0.00578. The van der Waals surface area contributed by atoms with E-state index in [1.807, 2.05) is 39.8 Å². The molecule has 1 atom stereocenters. The molecule has 22 heavy (non-hydrogen) atoms. The SMILES string of the molecule is CC1(C)OB(c2ccc(C3=CC(CO)ON3)nc2)OC1(C)C. The van der Waals surface area contributed by atoms with Crippen molar-refractivity contribution < 1.29 is 19.3 Å². The Hall–Kier alpha value is -1.41. The molecule has 0 aliphatic carbocycles.